The quantitative estimate of drug-likeness (QED) is 0.933. The third kappa shape index (κ3) is 2.74. The summed E-state index contributed by atoms with van der Waals surface area (Å²) < 4.78 is 11.2. The van der Waals surface area contributed by atoms with Gasteiger partial charge in [0.1, 0.15) is 11.5 Å². The van der Waals surface area contributed by atoms with Crippen molar-refractivity contribution >= 4 is 0 Å². The van der Waals surface area contributed by atoms with E-state index in [1.54, 1.807) is 7.11 Å². The van der Waals surface area contributed by atoms with E-state index in [4.69, 9.17) is 9.47 Å². The third-order valence-electron chi connectivity index (χ3n) is 4.00. The first-order chi connectivity index (χ1) is 10.3. The van der Waals surface area contributed by atoms with Crippen LogP contribution in [0.25, 0.3) is 0 Å². The molecule has 1 aliphatic rings. The van der Waals surface area contributed by atoms with E-state index in [1.807, 2.05) is 25.2 Å². The normalized spacial score (nSPS) is 15.0. The molecule has 0 bridgehead atoms. The third-order valence-corrected chi connectivity index (χ3v) is 4.00. The van der Waals surface area contributed by atoms with Crippen LogP contribution in [0.3, 0.4) is 0 Å². The molecule has 0 aliphatic carbocycles. The van der Waals surface area contributed by atoms with Crippen LogP contribution in [0.15, 0.2) is 42.5 Å². The molecule has 3 rings (SSSR count). The fraction of sp³-hybridized carbons (Fsp3) is 0.333. The van der Waals surface area contributed by atoms with Crippen molar-refractivity contribution in [3.63, 3.8) is 0 Å². The molecule has 0 aromatic heterocycles. The van der Waals surface area contributed by atoms with E-state index >= 15 is 0 Å². The van der Waals surface area contributed by atoms with E-state index in [0.717, 1.165) is 36.5 Å². The minimum Gasteiger partial charge on any atom is -0.496 e. The zero-order valence-corrected chi connectivity index (χ0v) is 12.6. The molecule has 21 heavy (non-hydrogen) atoms. The fourth-order valence-electron chi connectivity index (χ4n) is 2.97. The molecule has 2 aromatic rings. The standard InChI is InChI=1S/C18H21NO2/c1-19-18(15-7-3-4-8-17(15)20-2)14-9-10-16-13(12-14)6-5-11-21-16/h3-4,7-10,12,18-19H,5-6,11H2,1-2H3. The molecule has 3 nitrogen and oxygen atoms in total. The van der Waals surface area contributed by atoms with E-state index in [2.05, 4.69) is 29.6 Å². The Morgan fingerprint density at radius 3 is 2.86 bits per heavy atom. The molecule has 0 amide bonds. The summed E-state index contributed by atoms with van der Waals surface area (Å²) in [6.45, 7) is 0.828. The molecule has 1 aliphatic heterocycles. The molecule has 0 fully saturated rings. The molecule has 1 heterocycles. The van der Waals surface area contributed by atoms with E-state index in [1.165, 1.54) is 11.1 Å². The molecular formula is C18H21NO2. The highest BCUT2D eigenvalue weighted by Gasteiger charge is 2.18. The maximum atomic E-state index is 5.70. The Hall–Kier alpha value is -2.00. The van der Waals surface area contributed by atoms with Crippen LogP contribution in [-0.4, -0.2) is 20.8 Å². The van der Waals surface area contributed by atoms with E-state index in [9.17, 15) is 0 Å². The van der Waals surface area contributed by atoms with Gasteiger partial charge in [-0.2, -0.15) is 0 Å². The molecular weight excluding hydrogens is 262 g/mol. The number of nitrogens with one attached hydrogen (secondary N) is 1. The second kappa shape index (κ2) is 6.19. The summed E-state index contributed by atoms with van der Waals surface area (Å²) in [4.78, 5) is 0. The average molecular weight is 283 g/mol. The highest BCUT2D eigenvalue weighted by atomic mass is 16.5. The first kappa shape index (κ1) is 14.0. The van der Waals surface area contributed by atoms with Crippen LogP contribution in [0.4, 0.5) is 0 Å². The average Bonchev–Trinajstić information content (AvgIpc) is 2.56. The van der Waals surface area contributed by atoms with Crippen molar-refractivity contribution in [2.24, 2.45) is 0 Å². The van der Waals surface area contributed by atoms with Crippen LogP contribution in [0.1, 0.15) is 29.2 Å². The Kier molecular flexibility index (Phi) is 4.11. The van der Waals surface area contributed by atoms with E-state index in [0.29, 0.717) is 0 Å². The maximum Gasteiger partial charge on any atom is 0.123 e. The van der Waals surface area contributed by atoms with Crippen LogP contribution in [-0.2, 0) is 6.42 Å². The highest BCUT2D eigenvalue weighted by molar-refractivity contribution is 5.45. The van der Waals surface area contributed by atoms with Crippen molar-refractivity contribution in [1.29, 1.82) is 0 Å². The van der Waals surface area contributed by atoms with Crippen molar-refractivity contribution < 1.29 is 9.47 Å². The first-order valence-corrected chi connectivity index (χ1v) is 7.39. The van der Waals surface area contributed by atoms with E-state index in [-0.39, 0.29) is 6.04 Å². The van der Waals surface area contributed by atoms with Gasteiger partial charge in [-0.15, -0.1) is 0 Å². The molecule has 2 aromatic carbocycles. The number of hydrogen-bond donors (Lipinski definition) is 1. The molecule has 1 N–H and O–H groups in total. The van der Waals surface area contributed by atoms with Gasteiger partial charge in [0.25, 0.3) is 0 Å². The van der Waals surface area contributed by atoms with Crippen molar-refractivity contribution in [1.82, 2.24) is 5.32 Å². The van der Waals surface area contributed by atoms with Gasteiger partial charge in [-0.05, 0) is 43.1 Å². The lowest BCUT2D eigenvalue weighted by atomic mass is 9.94. The van der Waals surface area contributed by atoms with Crippen LogP contribution in [0, 0.1) is 0 Å². The number of rotatable bonds is 4. The van der Waals surface area contributed by atoms with Gasteiger partial charge in [-0.1, -0.05) is 30.3 Å². The van der Waals surface area contributed by atoms with Gasteiger partial charge in [0.05, 0.1) is 19.8 Å². The first-order valence-electron chi connectivity index (χ1n) is 7.39. The number of fused-ring (bicyclic) bond motifs is 1. The summed E-state index contributed by atoms with van der Waals surface area (Å²) in [7, 11) is 3.69. The Labute approximate surface area is 125 Å². The van der Waals surface area contributed by atoms with Gasteiger partial charge >= 0.3 is 0 Å². The lowest BCUT2D eigenvalue weighted by Crippen LogP contribution is -2.19. The van der Waals surface area contributed by atoms with Gasteiger partial charge < -0.3 is 14.8 Å². The number of methoxy groups -OCH3 is 1. The molecule has 3 heteroatoms. The van der Waals surface area contributed by atoms with Gasteiger partial charge in [0.15, 0.2) is 0 Å². The van der Waals surface area contributed by atoms with Gasteiger partial charge in [0.2, 0.25) is 0 Å². The Balaban J connectivity index is 2.00. The Morgan fingerprint density at radius 2 is 2.05 bits per heavy atom. The van der Waals surface area contributed by atoms with Crippen LogP contribution in [0.5, 0.6) is 11.5 Å². The summed E-state index contributed by atoms with van der Waals surface area (Å²) in [5.41, 5.74) is 3.69. The summed E-state index contributed by atoms with van der Waals surface area (Å²) in [6, 6.07) is 14.7. The minimum absolute atomic E-state index is 0.119. The summed E-state index contributed by atoms with van der Waals surface area (Å²) in [5.74, 6) is 1.94. The number of ether oxygens (including phenoxy) is 2. The predicted molar refractivity (Wildman–Crippen MR) is 84.2 cm³/mol. The lowest BCUT2D eigenvalue weighted by molar-refractivity contribution is 0.288. The summed E-state index contributed by atoms with van der Waals surface area (Å²) >= 11 is 0. The molecule has 0 saturated heterocycles. The largest absolute Gasteiger partial charge is 0.496 e. The Morgan fingerprint density at radius 1 is 1.19 bits per heavy atom. The van der Waals surface area contributed by atoms with Crippen LogP contribution >= 0.6 is 0 Å². The number of benzene rings is 2. The second-order valence-corrected chi connectivity index (χ2v) is 5.28. The molecule has 0 radical (unpaired) electrons. The zero-order chi connectivity index (χ0) is 14.7. The fourth-order valence-corrected chi connectivity index (χ4v) is 2.97. The van der Waals surface area contributed by atoms with Crippen molar-refractivity contribution in [3.05, 3.63) is 59.2 Å². The van der Waals surface area contributed by atoms with Crippen LogP contribution in [0.2, 0.25) is 0 Å². The monoisotopic (exact) mass is 283 g/mol. The molecule has 1 atom stereocenters. The predicted octanol–water partition coefficient (Wildman–Crippen LogP) is 3.33. The molecule has 0 saturated carbocycles. The SMILES string of the molecule is CNC(c1ccc2c(c1)CCCO2)c1ccccc1OC. The zero-order valence-electron chi connectivity index (χ0n) is 12.6. The minimum atomic E-state index is 0.119. The number of aryl methyl sites for hydroxylation is 1. The topological polar surface area (TPSA) is 30.5 Å². The van der Waals surface area contributed by atoms with Gasteiger partial charge in [-0.25, -0.2) is 0 Å². The summed E-state index contributed by atoms with van der Waals surface area (Å²) in [6.07, 6.45) is 2.18. The Bertz CT molecular complexity index is 624. The highest BCUT2D eigenvalue weighted by Crippen LogP contribution is 2.33. The van der Waals surface area contributed by atoms with Crippen molar-refractivity contribution in [2.75, 3.05) is 20.8 Å². The number of hydrogen-bond acceptors (Lipinski definition) is 3. The van der Waals surface area contributed by atoms with Crippen molar-refractivity contribution in [3.8, 4) is 11.5 Å². The lowest BCUT2D eigenvalue weighted by Gasteiger charge is -2.23. The van der Waals surface area contributed by atoms with Crippen molar-refractivity contribution in [2.45, 2.75) is 18.9 Å². The molecule has 1 unspecified atom stereocenters. The molecule has 110 valence electrons. The van der Waals surface area contributed by atoms with Gasteiger partial charge in [-0.3, -0.25) is 0 Å². The molecule has 0 spiro atoms. The van der Waals surface area contributed by atoms with Gasteiger partial charge in [0, 0.05) is 5.56 Å². The van der Waals surface area contributed by atoms with E-state index < -0.39 is 0 Å². The van der Waals surface area contributed by atoms with Crippen LogP contribution < -0.4 is 14.8 Å². The smallest absolute Gasteiger partial charge is 0.123 e. The summed E-state index contributed by atoms with van der Waals surface area (Å²) in [5, 5.41) is 3.40. The second-order valence-electron chi connectivity index (χ2n) is 5.28. The maximum absolute atomic E-state index is 5.70. The number of para-hydroxylation sites is 1.